The molecule has 6 atom stereocenters. The second kappa shape index (κ2) is 68.2. The van der Waals surface area contributed by atoms with Gasteiger partial charge in [-0.3, -0.25) is 37.3 Å². The van der Waals surface area contributed by atoms with Crippen molar-refractivity contribution in [2.75, 3.05) is 39.6 Å². The van der Waals surface area contributed by atoms with E-state index >= 15 is 0 Å². The molecule has 0 radical (unpaired) electrons. The van der Waals surface area contributed by atoms with Crippen LogP contribution in [0, 0.1) is 5.92 Å². The molecular weight excluding hydrogens is 1230 g/mol. The van der Waals surface area contributed by atoms with Crippen LogP contribution in [0.15, 0.2) is 0 Å². The van der Waals surface area contributed by atoms with Crippen LogP contribution in [0.2, 0.25) is 0 Å². The lowest BCUT2D eigenvalue weighted by molar-refractivity contribution is -0.161. The van der Waals surface area contributed by atoms with E-state index in [1.807, 2.05) is 0 Å². The third-order valence-electron chi connectivity index (χ3n) is 17.9. The summed E-state index contributed by atoms with van der Waals surface area (Å²) >= 11 is 0. The van der Waals surface area contributed by atoms with Crippen LogP contribution in [0.3, 0.4) is 0 Å². The first-order chi connectivity index (χ1) is 45.6. The Morgan fingerprint density at radius 1 is 0.298 bits per heavy atom. The largest absolute Gasteiger partial charge is 0.472 e. The summed E-state index contributed by atoms with van der Waals surface area (Å²) in [5, 5.41) is 10.6. The number of hydrogen-bond donors (Lipinski definition) is 3. The standard InChI is InChI=1S/C75H146O17P2/c1-6-10-13-16-19-21-23-25-27-28-29-30-31-33-35-41-46-51-56-61-75(80)92-71(65-86-73(78)59-54-49-44-39-37-36-38-43-47-52-57-68(5)9-4)67-90-94(83,84)88-63-69(76)62-87-93(81,82)89-66-70(64-85-72(77)58-53-48-42-18-15-12-8-3)91-74(79)60-55-50-45-40-34-32-26-24-22-20-17-14-11-7-2/h68-71,76H,6-67H2,1-5H3,(H,81,82)(H,83,84)/t68?,69-,70+,71+/m0/s1. The first kappa shape index (κ1) is 92.1. The van der Waals surface area contributed by atoms with Crippen molar-refractivity contribution < 1.29 is 80.2 Å². The fraction of sp³-hybridized carbons (Fsp3) is 0.947. The third kappa shape index (κ3) is 67.3. The van der Waals surface area contributed by atoms with E-state index in [0.29, 0.717) is 25.7 Å². The van der Waals surface area contributed by atoms with Crippen molar-refractivity contribution in [1.29, 1.82) is 0 Å². The van der Waals surface area contributed by atoms with Gasteiger partial charge in [0, 0.05) is 25.7 Å². The number of unbranched alkanes of at least 4 members (excludes halogenated alkanes) is 46. The smallest absolute Gasteiger partial charge is 0.462 e. The third-order valence-corrected chi connectivity index (χ3v) is 19.8. The van der Waals surface area contributed by atoms with E-state index in [1.54, 1.807) is 0 Å². The van der Waals surface area contributed by atoms with E-state index in [2.05, 4.69) is 34.6 Å². The highest BCUT2D eigenvalue weighted by molar-refractivity contribution is 7.47. The van der Waals surface area contributed by atoms with Gasteiger partial charge in [0.1, 0.15) is 19.3 Å². The molecule has 3 unspecified atom stereocenters. The summed E-state index contributed by atoms with van der Waals surface area (Å²) in [6.45, 7) is 7.28. The quantitative estimate of drug-likeness (QED) is 0.0222. The number of rotatable bonds is 75. The Kier molecular flexibility index (Phi) is 66.8. The highest BCUT2D eigenvalue weighted by atomic mass is 31.2. The number of hydrogen-bond acceptors (Lipinski definition) is 15. The fourth-order valence-electron chi connectivity index (χ4n) is 11.5. The Balaban J connectivity index is 5.19. The normalized spacial score (nSPS) is 14.3. The molecule has 0 saturated carbocycles. The van der Waals surface area contributed by atoms with Crippen molar-refractivity contribution in [2.45, 2.75) is 412 Å². The lowest BCUT2D eigenvalue weighted by Gasteiger charge is -2.21. The zero-order chi connectivity index (χ0) is 69.1. The maximum absolute atomic E-state index is 13.1. The van der Waals surface area contributed by atoms with Crippen LogP contribution in [0.25, 0.3) is 0 Å². The Morgan fingerprint density at radius 2 is 0.511 bits per heavy atom. The van der Waals surface area contributed by atoms with E-state index in [1.165, 1.54) is 205 Å². The van der Waals surface area contributed by atoms with Gasteiger partial charge in [0.2, 0.25) is 0 Å². The molecule has 0 aliphatic carbocycles. The number of phosphoric ester groups is 2. The first-order valence-electron chi connectivity index (χ1n) is 39.2. The Morgan fingerprint density at radius 3 is 0.755 bits per heavy atom. The van der Waals surface area contributed by atoms with Crippen LogP contribution < -0.4 is 0 Å². The zero-order valence-electron chi connectivity index (χ0n) is 61.1. The minimum Gasteiger partial charge on any atom is -0.462 e. The topological polar surface area (TPSA) is 237 Å². The molecule has 0 heterocycles. The van der Waals surface area contributed by atoms with Crippen LogP contribution in [-0.2, 0) is 65.4 Å². The van der Waals surface area contributed by atoms with Crippen LogP contribution in [-0.4, -0.2) is 96.7 Å². The predicted molar refractivity (Wildman–Crippen MR) is 382 cm³/mol. The highest BCUT2D eigenvalue weighted by Crippen LogP contribution is 2.45. The van der Waals surface area contributed by atoms with E-state index in [-0.39, 0.29) is 25.7 Å². The first-order valence-corrected chi connectivity index (χ1v) is 42.2. The van der Waals surface area contributed by atoms with Gasteiger partial charge in [0.15, 0.2) is 12.2 Å². The predicted octanol–water partition coefficient (Wildman–Crippen LogP) is 22.1. The van der Waals surface area contributed by atoms with Crippen LogP contribution in [0.4, 0.5) is 0 Å². The second-order valence-electron chi connectivity index (χ2n) is 27.3. The fourth-order valence-corrected chi connectivity index (χ4v) is 13.1. The highest BCUT2D eigenvalue weighted by Gasteiger charge is 2.30. The van der Waals surface area contributed by atoms with Gasteiger partial charge in [-0.1, -0.05) is 343 Å². The van der Waals surface area contributed by atoms with Crippen LogP contribution in [0.5, 0.6) is 0 Å². The summed E-state index contributed by atoms with van der Waals surface area (Å²) < 4.78 is 68.4. The lowest BCUT2D eigenvalue weighted by Crippen LogP contribution is -2.30. The molecule has 0 aromatic heterocycles. The van der Waals surface area contributed by atoms with Gasteiger partial charge in [-0.2, -0.15) is 0 Å². The van der Waals surface area contributed by atoms with Crippen LogP contribution in [0.1, 0.15) is 394 Å². The van der Waals surface area contributed by atoms with Gasteiger partial charge in [0.05, 0.1) is 26.4 Å². The molecule has 17 nitrogen and oxygen atoms in total. The average molecular weight is 1380 g/mol. The van der Waals surface area contributed by atoms with Crippen molar-refractivity contribution in [3.63, 3.8) is 0 Å². The van der Waals surface area contributed by atoms with Crippen molar-refractivity contribution in [3.8, 4) is 0 Å². The maximum Gasteiger partial charge on any atom is 0.472 e. The van der Waals surface area contributed by atoms with Crippen molar-refractivity contribution in [1.82, 2.24) is 0 Å². The SMILES string of the molecule is CCCCCCCCCCCCCCCCCCCCCC(=O)O[C@H](COC(=O)CCCCCCCCCCCCC(C)CC)COP(=O)(O)OC[C@@H](O)COP(=O)(O)OC[C@@H](COC(=O)CCCCCCCCC)OC(=O)CCCCCCCCCCCCCCCC. The van der Waals surface area contributed by atoms with Gasteiger partial charge in [-0.05, 0) is 31.6 Å². The molecule has 0 aliphatic heterocycles. The summed E-state index contributed by atoms with van der Waals surface area (Å²) in [4.78, 5) is 72.6. The molecule has 0 aliphatic rings. The second-order valence-corrected chi connectivity index (χ2v) is 30.2. The number of carbonyl (C=O) groups excluding carboxylic acids is 4. The number of aliphatic hydroxyl groups is 1. The molecule has 558 valence electrons. The number of phosphoric acid groups is 2. The maximum atomic E-state index is 13.1. The summed E-state index contributed by atoms with van der Waals surface area (Å²) in [7, 11) is -9.90. The number of aliphatic hydroxyl groups excluding tert-OH is 1. The van der Waals surface area contributed by atoms with Gasteiger partial charge < -0.3 is 33.8 Å². The molecule has 0 aromatic carbocycles. The van der Waals surface area contributed by atoms with Gasteiger partial charge in [-0.25, -0.2) is 9.13 Å². The summed E-state index contributed by atoms with van der Waals surface area (Å²) in [6.07, 6.45) is 56.9. The molecule has 0 fully saturated rings. The zero-order valence-corrected chi connectivity index (χ0v) is 62.9. The van der Waals surface area contributed by atoms with Gasteiger partial charge in [0.25, 0.3) is 0 Å². The Bertz CT molecular complexity index is 1810. The average Bonchev–Trinajstić information content (AvgIpc) is 3.02. The Labute approximate surface area is 575 Å². The van der Waals surface area contributed by atoms with Crippen molar-refractivity contribution in [3.05, 3.63) is 0 Å². The number of ether oxygens (including phenoxy) is 4. The van der Waals surface area contributed by atoms with E-state index < -0.39 is 97.5 Å². The summed E-state index contributed by atoms with van der Waals surface area (Å²) in [6, 6.07) is 0. The minimum atomic E-state index is -4.96. The lowest BCUT2D eigenvalue weighted by atomic mass is 9.99. The molecule has 0 saturated heterocycles. The van der Waals surface area contributed by atoms with E-state index in [0.717, 1.165) is 109 Å². The van der Waals surface area contributed by atoms with Crippen molar-refractivity contribution >= 4 is 39.5 Å². The van der Waals surface area contributed by atoms with Crippen molar-refractivity contribution in [2.24, 2.45) is 5.92 Å². The van der Waals surface area contributed by atoms with Gasteiger partial charge >= 0.3 is 39.5 Å². The monoisotopic (exact) mass is 1380 g/mol. The number of carbonyl (C=O) groups is 4. The molecule has 3 N–H and O–H groups in total. The molecule has 94 heavy (non-hydrogen) atoms. The molecular formula is C75H146O17P2. The molecule has 0 aromatic rings. The molecule has 0 rings (SSSR count). The number of esters is 4. The summed E-state index contributed by atoms with van der Waals surface area (Å²) in [5.41, 5.74) is 0. The van der Waals surface area contributed by atoms with E-state index in [4.69, 9.17) is 37.0 Å². The van der Waals surface area contributed by atoms with Gasteiger partial charge in [-0.15, -0.1) is 0 Å². The van der Waals surface area contributed by atoms with Crippen LogP contribution >= 0.6 is 15.6 Å². The molecule has 19 heteroatoms. The summed E-state index contributed by atoms with van der Waals surface area (Å²) in [5.74, 6) is -1.31. The Hall–Kier alpha value is -1.94. The molecule has 0 amide bonds. The minimum absolute atomic E-state index is 0.108. The molecule has 0 spiro atoms. The molecule has 0 bridgehead atoms. The van der Waals surface area contributed by atoms with E-state index in [9.17, 15) is 43.2 Å².